The second kappa shape index (κ2) is 6.18. The van der Waals surface area contributed by atoms with Crippen LogP contribution in [0.15, 0.2) is 41.0 Å². The number of nitrogens with one attached hydrogen (secondary N) is 1. The van der Waals surface area contributed by atoms with E-state index in [1.807, 2.05) is 0 Å². The lowest BCUT2D eigenvalue weighted by atomic mass is 10.3. The summed E-state index contributed by atoms with van der Waals surface area (Å²) >= 11 is 3.05. The largest absolute Gasteiger partial charge is 0.573 e. The molecule has 116 valence electrons. The van der Waals surface area contributed by atoms with Crippen molar-refractivity contribution in [3.63, 3.8) is 0 Å². The lowest BCUT2D eigenvalue weighted by Gasteiger charge is -2.11. The SMILES string of the molecule is O=[N+]([O-])c1cc(Br)cnc1Nc1cccc(OC(F)(F)F)c1. The van der Waals surface area contributed by atoms with Crippen LogP contribution in [0.25, 0.3) is 0 Å². The van der Waals surface area contributed by atoms with Gasteiger partial charge in [0.15, 0.2) is 0 Å². The zero-order valence-corrected chi connectivity index (χ0v) is 12.2. The number of nitro groups is 1. The Kier molecular flexibility index (Phi) is 4.50. The third-order valence-electron chi connectivity index (χ3n) is 2.36. The zero-order valence-electron chi connectivity index (χ0n) is 10.6. The van der Waals surface area contributed by atoms with Gasteiger partial charge in [-0.3, -0.25) is 10.1 Å². The van der Waals surface area contributed by atoms with Gasteiger partial charge in [-0.2, -0.15) is 0 Å². The molecule has 0 fully saturated rings. The Morgan fingerprint density at radius 2 is 2.05 bits per heavy atom. The first kappa shape index (κ1) is 16.0. The van der Waals surface area contributed by atoms with Crippen LogP contribution in [0.5, 0.6) is 5.75 Å². The van der Waals surface area contributed by atoms with E-state index >= 15 is 0 Å². The Morgan fingerprint density at radius 3 is 2.68 bits per heavy atom. The van der Waals surface area contributed by atoms with Gasteiger partial charge in [0.05, 0.1) is 4.92 Å². The molecule has 2 aromatic rings. The molecule has 0 saturated heterocycles. The van der Waals surface area contributed by atoms with E-state index in [1.165, 1.54) is 24.4 Å². The highest BCUT2D eigenvalue weighted by Gasteiger charge is 2.31. The number of pyridine rings is 1. The van der Waals surface area contributed by atoms with Crippen LogP contribution in [0.3, 0.4) is 0 Å². The molecule has 0 atom stereocenters. The molecule has 0 aliphatic heterocycles. The summed E-state index contributed by atoms with van der Waals surface area (Å²) in [4.78, 5) is 14.1. The maximum atomic E-state index is 12.2. The van der Waals surface area contributed by atoms with E-state index in [9.17, 15) is 23.3 Å². The predicted molar refractivity (Wildman–Crippen MR) is 75.0 cm³/mol. The lowest BCUT2D eigenvalue weighted by molar-refractivity contribution is -0.384. The van der Waals surface area contributed by atoms with Crippen LogP contribution in [0, 0.1) is 10.1 Å². The average molecular weight is 378 g/mol. The van der Waals surface area contributed by atoms with Crippen molar-refractivity contribution in [1.29, 1.82) is 0 Å². The summed E-state index contributed by atoms with van der Waals surface area (Å²) in [7, 11) is 0. The molecule has 1 aromatic carbocycles. The molecule has 1 N–H and O–H groups in total. The molecular weight excluding hydrogens is 371 g/mol. The van der Waals surface area contributed by atoms with Crippen LogP contribution in [0.2, 0.25) is 0 Å². The van der Waals surface area contributed by atoms with Gasteiger partial charge in [-0.15, -0.1) is 13.2 Å². The number of anilines is 2. The van der Waals surface area contributed by atoms with Gasteiger partial charge in [0, 0.05) is 28.5 Å². The fourth-order valence-electron chi connectivity index (χ4n) is 1.57. The molecule has 22 heavy (non-hydrogen) atoms. The minimum Gasteiger partial charge on any atom is -0.406 e. The molecule has 0 spiro atoms. The van der Waals surface area contributed by atoms with E-state index in [2.05, 4.69) is 31.0 Å². The van der Waals surface area contributed by atoms with Gasteiger partial charge in [-0.05, 0) is 28.1 Å². The van der Waals surface area contributed by atoms with Crippen LogP contribution < -0.4 is 10.1 Å². The number of halogens is 4. The fraction of sp³-hybridized carbons (Fsp3) is 0.0833. The van der Waals surface area contributed by atoms with Crippen LogP contribution in [-0.2, 0) is 0 Å². The maximum absolute atomic E-state index is 12.2. The van der Waals surface area contributed by atoms with Crippen LogP contribution in [-0.4, -0.2) is 16.3 Å². The van der Waals surface area contributed by atoms with Crippen molar-refractivity contribution in [2.45, 2.75) is 6.36 Å². The molecule has 0 aliphatic carbocycles. The lowest BCUT2D eigenvalue weighted by Crippen LogP contribution is -2.17. The summed E-state index contributed by atoms with van der Waals surface area (Å²) in [6.07, 6.45) is -3.49. The number of nitrogens with zero attached hydrogens (tertiary/aromatic N) is 2. The molecule has 0 bridgehead atoms. The topological polar surface area (TPSA) is 77.3 Å². The molecular formula is C12H7BrF3N3O3. The first-order valence-corrected chi connectivity index (χ1v) is 6.47. The van der Waals surface area contributed by atoms with Crippen LogP contribution in [0.4, 0.5) is 30.4 Å². The summed E-state index contributed by atoms with van der Waals surface area (Å²) in [5, 5.41) is 13.5. The summed E-state index contributed by atoms with van der Waals surface area (Å²) in [5.74, 6) is -0.547. The summed E-state index contributed by atoms with van der Waals surface area (Å²) in [5.41, 5.74) is -0.156. The highest BCUT2D eigenvalue weighted by Crippen LogP contribution is 2.30. The Balaban J connectivity index is 2.28. The van der Waals surface area contributed by atoms with Gasteiger partial charge >= 0.3 is 12.0 Å². The molecule has 0 saturated carbocycles. The summed E-state index contributed by atoms with van der Waals surface area (Å²) in [6, 6.07) is 6.14. The van der Waals surface area contributed by atoms with Crippen LogP contribution >= 0.6 is 15.9 Å². The van der Waals surface area contributed by atoms with E-state index in [0.717, 1.165) is 12.1 Å². The molecule has 2 rings (SSSR count). The van der Waals surface area contributed by atoms with Gasteiger partial charge in [0.25, 0.3) is 0 Å². The van der Waals surface area contributed by atoms with Crippen molar-refractivity contribution in [3.05, 3.63) is 51.1 Å². The Morgan fingerprint density at radius 1 is 1.32 bits per heavy atom. The van der Waals surface area contributed by atoms with Crippen molar-refractivity contribution >= 4 is 33.1 Å². The van der Waals surface area contributed by atoms with E-state index in [0.29, 0.717) is 4.47 Å². The van der Waals surface area contributed by atoms with E-state index in [-0.39, 0.29) is 17.2 Å². The summed E-state index contributed by atoms with van der Waals surface area (Å²) < 4.78 is 40.7. The molecule has 0 amide bonds. The molecule has 0 aliphatic rings. The van der Waals surface area contributed by atoms with E-state index in [1.54, 1.807) is 0 Å². The number of ether oxygens (including phenoxy) is 1. The number of rotatable bonds is 4. The minimum absolute atomic E-state index is 0.0997. The minimum atomic E-state index is -4.82. The number of hydrogen-bond acceptors (Lipinski definition) is 5. The first-order chi connectivity index (χ1) is 10.2. The molecule has 0 radical (unpaired) electrons. The smallest absolute Gasteiger partial charge is 0.406 e. The van der Waals surface area contributed by atoms with E-state index < -0.39 is 17.0 Å². The van der Waals surface area contributed by atoms with Crippen molar-refractivity contribution in [1.82, 2.24) is 4.98 Å². The standard InChI is InChI=1S/C12H7BrF3N3O3/c13-7-4-10(19(20)21)11(17-6-7)18-8-2-1-3-9(5-8)22-12(14,15)16/h1-6H,(H,17,18). The third kappa shape index (κ3) is 4.32. The van der Waals surface area contributed by atoms with Gasteiger partial charge in [0.2, 0.25) is 5.82 Å². The highest BCUT2D eigenvalue weighted by molar-refractivity contribution is 9.10. The van der Waals surface area contributed by atoms with Gasteiger partial charge in [-0.1, -0.05) is 6.07 Å². The monoisotopic (exact) mass is 377 g/mol. The molecule has 1 heterocycles. The Bertz CT molecular complexity index is 710. The van der Waals surface area contributed by atoms with E-state index in [4.69, 9.17) is 0 Å². The molecule has 0 unspecified atom stereocenters. The first-order valence-electron chi connectivity index (χ1n) is 5.67. The third-order valence-corrected chi connectivity index (χ3v) is 2.79. The van der Waals surface area contributed by atoms with Crippen molar-refractivity contribution in [3.8, 4) is 5.75 Å². The van der Waals surface area contributed by atoms with Gasteiger partial charge in [0.1, 0.15) is 5.75 Å². The highest BCUT2D eigenvalue weighted by atomic mass is 79.9. The second-order valence-electron chi connectivity index (χ2n) is 3.98. The average Bonchev–Trinajstić information content (AvgIpc) is 2.39. The Hall–Kier alpha value is -2.36. The van der Waals surface area contributed by atoms with Gasteiger partial charge < -0.3 is 10.1 Å². The van der Waals surface area contributed by atoms with Crippen LogP contribution in [0.1, 0.15) is 0 Å². The normalized spacial score (nSPS) is 11.1. The number of alkyl halides is 3. The number of benzene rings is 1. The number of aromatic nitrogens is 1. The Labute approximate surface area is 130 Å². The molecule has 1 aromatic heterocycles. The maximum Gasteiger partial charge on any atom is 0.573 e. The fourth-order valence-corrected chi connectivity index (χ4v) is 1.89. The van der Waals surface area contributed by atoms with Crippen molar-refractivity contribution in [2.75, 3.05) is 5.32 Å². The quantitative estimate of drug-likeness (QED) is 0.631. The second-order valence-corrected chi connectivity index (χ2v) is 4.89. The number of hydrogen-bond donors (Lipinski definition) is 1. The van der Waals surface area contributed by atoms with Crippen molar-refractivity contribution < 1.29 is 22.8 Å². The predicted octanol–water partition coefficient (Wildman–Crippen LogP) is 4.39. The van der Waals surface area contributed by atoms with Crippen molar-refractivity contribution in [2.24, 2.45) is 0 Å². The van der Waals surface area contributed by atoms with Gasteiger partial charge in [-0.25, -0.2) is 4.98 Å². The summed E-state index contributed by atoms with van der Waals surface area (Å²) in [6.45, 7) is 0. The molecule has 10 heteroatoms. The zero-order chi connectivity index (χ0) is 16.3. The molecule has 6 nitrogen and oxygen atoms in total.